The fraction of sp³-hybridized carbons (Fsp3) is 0.115. The third kappa shape index (κ3) is 3.89. The van der Waals surface area contributed by atoms with Crippen molar-refractivity contribution < 1.29 is 28.5 Å². The van der Waals surface area contributed by atoms with Crippen molar-refractivity contribution >= 4 is 39.9 Å². The molecule has 6 rings (SSSR count). The topological polar surface area (TPSA) is 105 Å². The Balaban J connectivity index is 1.40. The first-order valence-electron chi connectivity index (χ1n) is 10.9. The van der Waals surface area contributed by atoms with Gasteiger partial charge in [0.05, 0.1) is 16.5 Å². The Morgan fingerprint density at radius 1 is 0.861 bits per heavy atom. The van der Waals surface area contributed by atoms with Gasteiger partial charge in [-0.1, -0.05) is 11.6 Å². The van der Waals surface area contributed by atoms with Crippen LogP contribution in [0.4, 0.5) is 5.69 Å². The van der Waals surface area contributed by atoms with E-state index < -0.39 is 11.2 Å². The third-order valence-electron chi connectivity index (χ3n) is 5.90. The number of nitrogens with zero attached hydrogens (tertiary/aromatic N) is 1. The summed E-state index contributed by atoms with van der Waals surface area (Å²) in [7, 11) is 0. The second kappa shape index (κ2) is 8.62. The third-order valence-corrected chi connectivity index (χ3v) is 6.15. The summed E-state index contributed by atoms with van der Waals surface area (Å²) in [4.78, 5) is 39.6. The molecule has 10 heteroatoms. The van der Waals surface area contributed by atoms with Crippen LogP contribution in [0, 0.1) is 0 Å². The van der Waals surface area contributed by atoms with Crippen molar-refractivity contribution in [1.29, 1.82) is 0 Å². The van der Waals surface area contributed by atoms with Crippen LogP contribution in [0.1, 0.15) is 15.9 Å². The highest BCUT2D eigenvalue weighted by Crippen LogP contribution is 2.36. The molecule has 0 atom stereocenters. The smallest absolute Gasteiger partial charge is 0.244 e. The molecule has 0 saturated heterocycles. The molecule has 9 nitrogen and oxygen atoms in total. The number of carbonyl (C=O) groups is 2. The van der Waals surface area contributed by atoms with E-state index in [4.69, 9.17) is 30.5 Å². The normalized spacial score (nSPS) is 13.1. The number of hydrogen-bond acceptors (Lipinski definition) is 7. The number of hydrogen-bond donors (Lipinski definition) is 1. The van der Waals surface area contributed by atoms with Crippen LogP contribution in [0.15, 0.2) is 65.6 Å². The van der Waals surface area contributed by atoms with Crippen LogP contribution in [-0.4, -0.2) is 29.8 Å². The van der Waals surface area contributed by atoms with E-state index >= 15 is 0 Å². The summed E-state index contributed by atoms with van der Waals surface area (Å²) in [5.41, 5.74) is 0.686. The predicted molar refractivity (Wildman–Crippen MR) is 130 cm³/mol. The zero-order chi connectivity index (χ0) is 24.8. The van der Waals surface area contributed by atoms with Gasteiger partial charge in [-0.3, -0.25) is 14.4 Å². The predicted octanol–water partition coefficient (Wildman–Crippen LogP) is 3.98. The van der Waals surface area contributed by atoms with E-state index in [0.717, 1.165) is 0 Å². The van der Waals surface area contributed by atoms with E-state index in [2.05, 4.69) is 5.32 Å². The van der Waals surface area contributed by atoms with Crippen LogP contribution < -0.4 is 29.7 Å². The summed E-state index contributed by atoms with van der Waals surface area (Å²) in [6, 6.07) is 14.5. The summed E-state index contributed by atoms with van der Waals surface area (Å²) in [6.07, 6.45) is 1.39. The summed E-state index contributed by atoms with van der Waals surface area (Å²) in [6.45, 7) is -0.0383. The number of ketones is 1. The Bertz CT molecular complexity index is 1610. The molecular weight excluding hydrogens is 488 g/mol. The molecule has 0 bridgehead atoms. The number of amides is 1. The first-order valence-corrected chi connectivity index (χ1v) is 11.3. The maximum Gasteiger partial charge on any atom is 0.244 e. The van der Waals surface area contributed by atoms with Crippen LogP contribution in [0.3, 0.4) is 0 Å². The molecule has 36 heavy (non-hydrogen) atoms. The number of ether oxygens (including phenoxy) is 4. The van der Waals surface area contributed by atoms with Gasteiger partial charge in [-0.25, -0.2) is 0 Å². The number of pyridine rings is 1. The Labute approximate surface area is 208 Å². The van der Waals surface area contributed by atoms with Crippen molar-refractivity contribution in [2.24, 2.45) is 0 Å². The van der Waals surface area contributed by atoms with Gasteiger partial charge in [-0.2, -0.15) is 0 Å². The lowest BCUT2D eigenvalue weighted by atomic mass is 10.0. The van der Waals surface area contributed by atoms with Gasteiger partial charge in [0.25, 0.3) is 0 Å². The fourth-order valence-corrected chi connectivity index (χ4v) is 4.28. The quantitative estimate of drug-likeness (QED) is 0.410. The molecule has 0 radical (unpaired) electrons. The standard InChI is InChI=1S/C26H17ClN2O7/c27-15-3-1-14(2-4-15)25(31)18-10-29(19-9-23-22(35-13-36-23)8-17(19)26(18)32)11-24(30)28-16-5-6-20-21(7-16)34-12-33-20/h1-10H,11-13H2,(H,28,30). The zero-order valence-electron chi connectivity index (χ0n) is 18.6. The summed E-state index contributed by atoms with van der Waals surface area (Å²) >= 11 is 5.94. The van der Waals surface area contributed by atoms with E-state index in [9.17, 15) is 14.4 Å². The molecule has 0 spiro atoms. The second-order valence-corrected chi connectivity index (χ2v) is 8.61. The van der Waals surface area contributed by atoms with Gasteiger partial charge in [0, 0.05) is 34.6 Å². The van der Waals surface area contributed by atoms with Crippen molar-refractivity contribution in [3.8, 4) is 23.0 Å². The Hall–Kier alpha value is -4.50. The van der Waals surface area contributed by atoms with Gasteiger partial charge < -0.3 is 28.8 Å². The molecule has 0 saturated carbocycles. The average molecular weight is 505 g/mol. The van der Waals surface area contributed by atoms with Crippen molar-refractivity contribution in [2.45, 2.75) is 6.54 Å². The molecule has 0 aliphatic carbocycles. The van der Waals surface area contributed by atoms with E-state index in [1.54, 1.807) is 53.1 Å². The Morgan fingerprint density at radius 3 is 2.28 bits per heavy atom. The van der Waals surface area contributed by atoms with Crippen LogP contribution in [0.25, 0.3) is 10.9 Å². The molecule has 3 aromatic carbocycles. The maximum absolute atomic E-state index is 13.4. The van der Waals surface area contributed by atoms with Crippen molar-refractivity contribution in [2.75, 3.05) is 18.9 Å². The summed E-state index contributed by atoms with van der Waals surface area (Å²) in [5.74, 6) is 1.11. The van der Waals surface area contributed by atoms with Crippen LogP contribution in [-0.2, 0) is 11.3 Å². The molecule has 1 aromatic heterocycles. The minimum atomic E-state index is -0.485. The first kappa shape index (κ1) is 22.0. The maximum atomic E-state index is 13.4. The Kier molecular flexibility index (Phi) is 5.26. The minimum Gasteiger partial charge on any atom is -0.454 e. The SMILES string of the molecule is O=C(Cn1cc(C(=O)c2ccc(Cl)cc2)c(=O)c2cc3c(cc21)OCO3)Nc1ccc2c(c1)OCO2. The molecule has 4 aromatic rings. The zero-order valence-corrected chi connectivity index (χ0v) is 19.3. The molecule has 3 heterocycles. The van der Waals surface area contributed by atoms with Crippen LogP contribution in [0.5, 0.6) is 23.0 Å². The number of benzene rings is 3. The second-order valence-electron chi connectivity index (χ2n) is 8.17. The molecule has 2 aliphatic rings. The Morgan fingerprint density at radius 2 is 1.53 bits per heavy atom. The summed E-state index contributed by atoms with van der Waals surface area (Å²) in [5, 5.41) is 3.51. The van der Waals surface area contributed by atoms with E-state index in [0.29, 0.717) is 44.8 Å². The molecule has 180 valence electrons. The highest BCUT2D eigenvalue weighted by molar-refractivity contribution is 6.30. The molecule has 1 amide bonds. The highest BCUT2D eigenvalue weighted by atomic mass is 35.5. The number of fused-ring (bicyclic) bond motifs is 3. The van der Waals surface area contributed by atoms with Gasteiger partial charge in [-0.05, 0) is 42.5 Å². The molecular formula is C26H17ClN2O7. The van der Waals surface area contributed by atoms with Gasteiger partial charge in [0.15, 0.2) is 28.8 Å². The van der Waals surface area contributed by atoms with Gasteiger partial charge in [-0.15, -0.1) is 0 Å². The largest absolute Gasteiger partial charge is 0.454 e. The molecule has 1 N–H and O–H groups in total. The van der Waals surface area contributed by atoms with E-state index in [-0.39, 0.29) is 37.0 Å². The van der Waals surface area contributed by atoms with E-state index in [1.807, 2.05) is 0 Å². The van der Waals surface area contributed by atoms with Gasteiger partial charge in [0.2, 0.25) is 24.9 Å². The van der Waals surface area contributed by atoms with E-state index in [1.165, 1.54) is 12.3 Å². The number of halogens is 1. The molecule has 0 unspecified atom stereocenters. The lowest BCUT2D eigenvalue weighted by Crippen LogP contribution is -2.24. The number of carbonyl (C=O) groups excluding carboxylic acids is 2. The van der Waals surface area contributed by atoms with Crippen LogP contribution >= 0.6 is 11.6 Å². The lowest BCUT2D eigenvalue weighted by molar-refractivity contribution is -0.116. The molecule has 0 fully saturated rings. The fourth-order valence-electron chi connectivity index (χ4n) is 4.16. The lowest BCUT2D eigenvalue weighted by Gasteiger charge is -2.14. The summed E-state index contributed by atoms with van der Waals surface area (Å²) < 4.78 is 23.1. The van der Waals surface area contributed by atoms with Crippen LogP contribution in [0.2, 0.25) is 5.02 Å². The van der Waals surface area contributed by atoms with Gasteiger partial charge >= 0.3 is 0 Å². The number of aromatic nitrogens is 1. The van der Waals surface area contributed by atoms with Crippen molar-refractivity contribution in [3.05, 3.63) is 87.2 Å². The van der Waals surface area contributed by atoms with Gasteiger partial charge in [0.1, 0.15) is 6.54 Å². The van der Waals surface area contributed by atoms with Crippen molar-refractivity contribution in [1.82, 2.24) is 4.57 Å². The molecule has 2 aliphatic heterocycles. The average Bonchev–Trinajstić information content (AvgIpc) is 3.53. The number of anilines is 1. The number of rotatable bonds is 5. The first-order chi connectivity index (χ1) is 17.5. The number of nitrogens with one attached hydrogen (secondary N) is 1. The minimum absolute atomic E-state index is 0.0149. The highest BCUT2D eigenvalue weighted by Gasteiger charge is 2.23. The monoisotopic (exact) mass is 504 g/mol. The van der Waals surface area contributed by atoms with Crippen molar-refractivity contribution in [3.63, 3.8) is 0 Å².